The van der Waals surface area contributed by atoms with Crippen LogP contribution in [-0.2, 0) is 6.54 Å². The van der Waals surface area contributed by atoms with Gasteiger partial charge < -0.3 is 4.57 Å². The van der Waals surface area contributed by atoms with Crippen LogP contribution < -0.4 is 0 Å². The lowest BCUT2D eigenvalue weighted by atomic mass is 10.0. The lowest BCUT2D eigenvalue weighted by Crippen LogP contribution is -1.92. The van der Waals surface area contributed by atoms with Crippen molar-refractivity contribution in [1.82, 2.24) is 14.5 Å². The van der Waals surface area contributed by atoms with Crippen LogP contribution in [0.5, 0.6) is 0 Å². The highest BCUT2D eigenvalue weighted by atomic mass is 35.5. The standard InChI is InChI=1S/C18H14ClN3/c1-2-22-8-5-12-3-4-13(9-17(12)22)15-10-14(19)11-16-18(15)21-7-6-20-16/h3-11H,2H2,1H3. The van der Waals surface area contributed by atoms with Gasteiger partial charge in [-0.1, -0.05) is 23.7 Å². The minimum atomic E-state index is 0.675. The molecular formula is C18H14ClN3. The zero-order chi connectivity index (χ0) is 15.1. The van der Waals surface area contributed by atoms with Crippen molar-refractivity contribution in [3.8, 4) is 11.1 Å². The Labute approximate surface area is 133 Å². The molecule has 108 valence electrons. The Bertz CT molecular complexity index is 988. The third-order valence-electron chi connectivity index (χ3n) is 3.96. The van der Waals surface area contributed by atoms with Crippen LogP contribution in [0.2, 0.25) is 5.02 Å². The second-order valence-corrected chi connectivity index (χ2v) is 5.69. The normalized spacial score (nSPS) is 11.4. The molecule has 0 aliphatic rings. The molecule has 0 aliphatic carbocycles. The summed E-state index contributed by atoms with van der Waals surface area (Å²) in [4.78, 5) is 8.84. The van der Waals surface area contributed by atoms with Gasteiger partial charge in [0.1, 0.15) is 0 Å². The fourth-order valence-electron chi connectivity index (χ4n) is 2.89. The Balaban J connectivity index is 2.02. The molecule has 0 aliphatic heterocycles. The molecule has 22 heavy (non-hydrogen) atoms. The van der Waals surface area contributed by atoms with Crippen molar-refractivity contribution in [2.75, 3.05) is 0 Å². The van der Waals surface area contributed by atoms with E-state index in [1.54, 1.807) is 12.4 Å². The average molecular weight is 308 g/mol. The highest BCUT2D eigenvalue weighted by molar-refractivity contribution is 6.31. The zero-order valence-corrected chi connectivity index (χ0v) is 12.9. The number of aryl methyl sites for hydroxylation is 1. The molecular weight excluding hydrogens is 294 g/mol. The van der Waals surface area contributed by atoms with Gasteiger partial charge in [0.2, 0.25) is 0 Å². The van der Waals surface area contributed by atoms with Crippen LogP contribution in [0.4, 0.5) is 0 Å². The van der Waals surface area contributed by atoms with Crippen molar-refractivity contribution in [2.45, 2.75) is 13.5 Å². The third kappa shape index (κ3) is 2.06. The monoisotopic (exact) mass is 307 g/mol. The summed E-state index contributed by atoms with van der Waals surface area (Å²) < 4.78 is 2.23. The molecule has 0 amide bonds. The van der Waals surface area contributed by atoms with Crippen LogP contribution in [0.1, 0.15) is 6.92 Å². The van der Waals surface area contributed by atoms with Crippen LogP contribution >= 0.6 is 11.6 Å². The lowest BCUT2D eigenvalue weighted by molar-refractivity contribution is 0.798. The Kier molecular flexibility index (Phi) is 3.09. The van der Waals surface area contributed by atoms with E-state index in [1.165, 1.54) is 10.9 Å². The second-order valence-electron chi connectivity index (χ2n) is 5.25. The number of aromatic nitrogens is 3. The van der Waals surface area contributed by atoms with E-state index in [2.05, 4.69) is 51.9 Å². The summed E-state index contributed by atoms with van der Waals surface area (Å²) in [5, 5.41) is 1.91. The van der Waals surface area contributed by atoms with E-state index >= 15 is 0 Å². The van der Waals surface area contributed by atoms with Crippen molar-refractivity contribution >= 4 is 33.5 Å². The maximum absolute atomic E-state index is 6.26. The van der Waals surface area contributed by atoms with Gasteiger partial charge in [0, 0.05) is 41.2 Å². The lowest BCUT2D eigenvalue weighted by Gasteiger charge is -2.08. The van der Waals surface area contributed by atoms with E-state index < -0.39 is 0 Å². The summed E-state index contributed by atoms with van der Waals surface area (Å²) in [5.74, 6) is 0. The fourth-order valence-corrected chi connectivity index (χ4v) is 3.10. The molecule has 0 unspecified atom stereocenters. The summed E-state index contributed by atoms with van der Waals surface area (Å²) in [6.07, 6.45) is 5.52. The minimum Gasteiger partial charge on any atom is -0.348 e. The number of fused-ring (bicyclic) bond motifs is 2. The third-order valence-corrected chi connectivity index (χ3v) is 4.18. The summed E-state index contributed by atoms with van der Waals surface area (Å²) in [6, 6.07) is 12.4. The van der Waals surface area contributed by atoms with Crippen molar-refractivity contribution in [3.05, 3.63) is 60.0 Å². The highest BCUT2D eigenvalue weighted by Crippen LogP contribution is 2.32. The van der Waals surface area contributed by atoms with Crippen molar-refractivity contribution in [1.29, 1.82) is 0 Å². The van der Waals surface area contributed by atoms with Gasteiger partial charge in [0.15, 0.2) is 0 Å². The molecule has 2 aromatic heterocycles. The van der Waals surface area contributed by atoms with E-state index in [4.69, 9.17) is 11.6 Å². The Morgan fingerprint density at radius 1 is 1.05 bits per heavy atom. The second kappa shape index (κ2) is 5.11. The number of hydrogen-bond acceptors (Lipinski definition) is 2. The molecule has 0 radical (unpaired) electrons. The van der Waals surface area contributed by atoms with Crippen LogP contribution in [0.3, 0.4) is 0 Å². The van der Waals surface area contributed by atoms with E-state index in [1.807, 2.05) is 12.1 Å². The van der Waals surface area contributed by atoms with Crippen LogP contribution in [0.15, 0.2) is 55.0 Å². The van der Waals surface area contributed by atoms with Crippen molar-refractivity contribution in [2.24, 2.45) is 0 Å². The predicted molar refractivity (Wildman–Crippen MR) is 91.2 cm³/mol. The molecule has 0 saturated heterocycles. The summed E-state index contributed by atoms with van der Waals surface area (Å²) in [6.45, 7) is 3.09. The maximum Gasteiger partial charge on any atom is 0.0966 e. The van der Waals surface area contributed by atoms with Crippen LogP contribution in [0.25, 0.3) is 33.1 Å². The van der Waals surface area contributed by atoms with Crippen LogP contribution in [-0.4, -0.2) is 14.5 Å². The van der Waals surface area contributed by atoms with Gasteiger partial charge in [-0.25, -0.2) is 0 Å². The van der Waals surface area contributed by atoms with Gasteiger partial charge in [-0.2, -0.15) is 0 Å². The zero-order valence-electron chi connectivity index (χ0n) is 12.1. The van der Waals surface area contributed by atoms with E-state index in [0.717, 1.165) is 28.7 Å². The smallest absolute Gasteiger partial charge is 0.0966 e. The Hall–Kier alpha value is -2.39. The van der Waals surface area contributed by atoms with Gasteiger partial charge >= 0.3 is 0 Å². The van der Waals surface area contributed by atoms with Gasteiger partial charge in [-0.15, -0.1) is 0 Å². The number of nitrogens with zero attached hydrogens (tertiary/aromatic N) is 3. The van der Waals surface area contributed by atoms with Gasteiger partial charge in [0.05, 0.1) is 11.0 Å². The summed E-state index contributed by atoms with van der Waals surface area (Å²) in [5.41, 5.74) is 5.03. The predicted octanol–water partition coefficient (Wildman–Crippen LogP) is 4.92. The summed E-state index contributed by atoms with van der Waals surface area (Å²) >= 11 is 6.26. The molecule has 3 nitrogen and oxygen atoms in total. The Morgan fingerprint density at radius 2 is 1.91 bits per heavy atom. The number of benzene rings is 2. The molecule has 0 N–H and O–H groups in total. The quantitative estimate of drug-likeness (QED) is 0.526. The largest absolute Gasteiger partial charge is 0.348 e. The fraction of sp³-hybridized carbons (Fsp3) is 0.111. The van der Waals surface area contributed by atoms with Gasteiger partial charge in [0.25, 0.3) is 0 Å². The first-order chi connectivity index (χ1) is 10.8. The first-order valence-electron chi connectivity index (χ1n) is 7.26. The molecule has 4 aromatic rings. The molecule has 0 saturated carbocycles. The molecule has 0 fully saturated rings. The molecule has 0 bridgehead atoms. The maximum atomic E-state index is 6.26. The molecule has 4 rings (SSSR count). The Morgan fingerprint density at radius 3 is 2.77 bits per heavy atom. The van der Waals surface area contributed by atoms with E-state index in [-0.39, 0.29) is 0 Å². The van der Waals surface area contributed by atoms with E-state index in [0.29, 0.717) is 5.02 Å². The van der Waals surface area contributed by atoms with E-state index in [9.17, 15) is 0 Å². The molecule has 2 heterocycles. The highest BCUT2D eigenvalue weighted by Gasteiger charge is 2.09. The average Bonchev–Trinajstić information content (AvgIpc) is 2.96. The number of halogens is 1. The molecule has 4 heteroatoms. The molecule has 0 atom stereocenters. The topological polar surface area (TPSA) is 30.7 Å². The van der Waals surface area contributed by atoms with Gasteiger partial charge in [-0.05, 0) is 42.1 Å². The first kappa shape index (κ1) is 13.3. The van der Waals surface area contributed by atoms with Crippen molar-refractivity contribution < 1.29 is 0 Å². The summed E-state index contributed by atoms with van der Waals surface area (Å²) in [7, 11) is 0. The molecule has 0 spiro atoms. The molecule has 2 aromatic carbocycles. The number of rotatable bonds is 2. The minimum absolute atomic E-state index is 0.675. The van der Waals surface area contributed by atoms with Crippen LogP contribution in [0, 0.1) is 0 Å². The van der Waals surface area contributed by atoms with Gasteiger partial charge in [-0.3, -0.25) is 9.97 Å². The first-order valence-corrected chi connectivity index (χ1v) is 7.63. The number of hydrogen-bond donors (Lipinski definition) is 0. The van der Waals surface area contributed by atoms with Crippen molar-refractivity contribution in [3.63, 3.8) is 0 Å². The SMILES string of the molecule is CCn1ccc2ccc(-c3cc(Cl)cc4nccnc34)cc21.